The monoisotopic (exact) mass is 287 g/mol. The number of benzene rings is 1. The van der Waals surface area contributed by atoms with Gasteiger partial charge in [-0.2, -0.15) is 0 Å². The van der Waals surface area contributed by atoms with Crippen molar-refractivity contribution in [3.8, 4) is 0 Å². The van der Waals surface area contributed by atoms with Gasteiger partial charge in [-0.25, -0.2) is 0 Å². The van der Waals surface area contributed by atoms with Crippen molar-refractivity contribution in [2.75, 3.05) is 19.6 Å². The molecule has 0 aliphatic rings. The summed E-state index contributed by atoms with van der Waals surface area (Å²) in [6.07, 6.45) is 1.08. The Labute approximate surface area is 124 Å². The first-order valence-corrected chi connectivity index (χ1v) is 7.13. The van der Waals surface area contributed by atoms with Gasteiger partial charge in [0.15, 0.2) is 0 Å². The van der Waals surface area contributed by atoms with Gasteiger partial charge >= 0.3 is 0 Å². The number of carbonyl (C=O) groups is 1. The Balaban J connectivity index is 1.92. The fourth-order valence-corrected chi connectivity index (χ4v) is 2.19. The SMILES string of the molecule is Cc1cc(CC(=O)N(CCN)CCc2ccccc2)no1. The van der Waals surface area contributed by atoms with Crippen LogP contribution in [0, 0.1) is 6.92 Å². The number of hydrogen-bond acceptors (Lipinski definition) is 4. The van der Waals surface area contributed by atoms with Gasteiger partial charge in [-0.15, -0.1) is 0 Å². The molecule has 0 aliphatic carbocycles. The lowest BCUT2D eigenvalue weighted by molar-refractivity contribution is -0.130. The summed E-state index contributed by atoms with van der Waals surface area (Å²) < 4.78 is 4.99. The summed E-state index contributed by atoms with van der Waals surface area (Å²) in [5, 5.41) is 3.86. The zero-order chi connectivity index (χ0) is 15.1. The fraction of sp³-hybridized carbons (Fsp3) is 0.375. The number of nitrogens with zero attached hydrogens (tertiary/aromatic N) is 2. The molecule has 0 bridgehead atoms. The molecule has 0 radical (unpaired) electrons. The highest BCUT2D eigenvalue weighted by molar-refractivity contribution is 5.78. The molecule has 2 N–H and O–H groups in total. The molecule has 1 aromatic carbocycles. The number of carbonyl (C=O) groups excluding carboxylic acids is 1. The van der Waals surface area contributed by atoms with Gasteiger partial charge in [-0.1, -0.05) is 35.5 Å². The smallest absolute Gasteiger partial charge is 0.228 e. The second-order valence-corrected chi connectivity index (χ2v) is 5.01. The normalized spacial score (nSPS) is 10.6. The summed E-state index contributed by atoms with van der Waals surface area (Å²) in [5.74, 6) is 0.747. The van der Waals surface area contributed by atoms with Crippen LogP contribution in [0.25, 0.3) is 0 Å². The van der Waals surface area contributed by atoms with Crippen LogP contribution in [0.1, 0.15) is 17.0 Å². The van der Waals surface area contributed by atoms with Gasteiger partial charge in [0.25, 0.3) is 0 Å². The average Bonchev–Trinajstić information content (AvgIpc) is 2.89. The van der Waals surface area contributed by atoms with E-state index in [4.69, 9.17) is 10.3 Å². The summed E-state index contributed by atoms with van der Waals surface area (Å²) in [7, 11) is 0. The Morgan fingerprint density at radius 2 is 2.05 bits per heavy atom. The summed E-state index contributed by atoms with van der Waals surface area (Å²) in [6, 6.07) is 11.9. The minimum Gasteiger partial charge on any atom is -0.361 e. The lowest BCUT2D eigenvalue weighted by atomic mass is 10.1. The zero-order valence-electron chi connectivity index (χ0n) is 12.3. The Morgan fingerprint density at radius 3 is 2.67 bits per heavy atom. The molecule has 1 amide bonds. The number of aromatic nitrogens is 1. The Morgan fingerprint density at radius 1 is 1.29 bits per heavy atom. The van der Waals surface area contributed by atoms with Crippen molar-refractivity contribution in [2.45, 2.75) is 19.8 Å². The highest BCUT2D eigenvalue weighted by Gasteiger charge is 2.15. The third-order valence-corrected chi connectivity index (χ3v) is 3.27. The number of rotatable bonds is 7. The van der Waals surface area contributed by atoms with Crippen molar-refractivity contribution in [1.82, 2.24) is 10.1 Å². The van der Waals surface area contributed by atoms with Crippen molar-refractivity contribution in [3.63, 3.8) is 0 Å². The molecule has 2 aromatic rings. The second-order valence-electron chi connectivity index (χ2n) is 5.01. The van der Waals surface area contributed by atoms with Gasteiger partial charge in [0.2, 0.25) is 5.91 Å². The van der Waals surface area contributed by atoms with Crippen molar-refractivity contribution < 1.29 is 9.32 Å². The van der Waals surface area contributed by atoms with Crippen molar-refractivity contribution in [3.05, 3.63) is 53.4 Å². The Bertz CT molecular complexity index is 566. The van der Waals surface area contributed by atoms with Gasteiger partial charge in [0.1, 0.15) is 5.76 Å². The van der Waals surface area contributed by atoms with E-state index in [0.29, 0.717) is 31.1 Å². The van der Waals surface area contributed by atoms with E-state index in [2.05, 4.69) is 17.3 Å². The molecule has 0 fully saturated rings. The first-order chi connectivity index (χ1) is 10.2. The molecule has 21 heavy (non-hydrogen) atoms. The second kappa shape index (κ2) is 7.59. The van der Waals surface area contributed by atoms with E-state index < -0.39 is 0 Å². The van der Waals surface area contributed by atoms with Crippen LogP contribution >= 0.6 is 0 Å². The van der Waals surface area contributed by atoms with Gasteiger partial charge < -0.3 is 15.2 Å². The molecule has 0 atom stereocenters. The quantitative estimate of drug-likeness (QED) is 0.838. The van der Waals surface area contributed by atoms with Crippen LogP contribution < -0.4 is 5.73 Å². The van der Waals surface area contributed by atoms with Crippen molar-refractivity contribution >= 4 is 5.91 Å². The molecular formula is C16H21N3O2. The summed E-state index contributed by atoms with van der Waals surface area (Å²) in [6.45, 7) is 3.49. The molecule has 0 aliphatic heterocycles. The maximum absolute atomic E-state index is 12.3. The van der Waals surface area contributed by atoms with E-state index in [1.165, 1.54) is 5.56 Å². The number of hydrogen-bond donors (Lipinski definition) is 1. The van der Waals surface area contributed by atoms with Crippen molar-refractivity contribution in [1.29, 1.82) is 0 Å². The van der Waals surface area contributed by atoms with E-state index >= 15 is 0 Å². The summed E-state index contributed by atoms with van der Waals surface area (Å²) in [5.41, 5.74) is 7.48. The predicted molar refractivity (Wildman–Crippen MR) is 80.7 cm³/mol. The zero-order valence-corrected chi connectivity index (χ0v) is 12.3. The Hall–Kier alpha value is -2.14. The molecule has 112 valence electrons. The minimum atomic E-state index is 0.0321. The third-order valence-electron chi connectivity index (χ3n) is 3.27. The number of nitrogens with two attached hydrogens (primary N) is 1. The Kier molecular flexibility index (Phi) is 5.51. The largest absolute Gasteiger partial charge is 0.361 e. The first-order valence-electron chi connectivity index (χ1n) is 7.13. The summed E-state index contributed by atoms with van der Waals surface area (Å²) >= 11 is 0. The maximum atomic E-state index is 12.3. The molecule has 5 heteroatoms. The fourth-order valence-electron chi connectivity index (χ4n) is 2.19. The van der Waals surface area contributed by atoms with Crippen molar-refractivity contribution in [2.24, 2.45) is 5.73 Å². The van der Waals surface area contributed by atoms with Gasteiger partial charge in [0.05, 0.1) is 12.1 Å². The standard InChI is InChI=1S/C16H21N3O2/c1-13-11-15(18-21-13)12-16(20)19(10-8-17)9-7-14-5-3-2-4-6-14/h2-6,11H,7-10,12,17H2,1H3. The van der Waals surface area contributed by atoms with Gasteiger partial charge in [0, 0.05) is 25.7 Å². The van der Waals surface area contributed by atoms with E-state index in [1.807, 2.05) is 25.1 Å². The topological polar surface area (TPSA) is 72.4 Å². The molecule has 0 spiro atoms. The van der Waals surface area contributed by atoms with E-state index in [9.17, 15) is 4.79 Å². The van der Waals surface area contributed by atoms with Gasteiger partial charge in [-0.3, -0.25) is 4.79 Å². The van der Waals surface area contributed by atoms with Crippen LogP contribution in [0.3, 0.4) is 0 Å². The van der Waals surface area contributed by atoms with Crippen LogP contribution in [0.2, 0.25) is 0 Å². The average molecular weight is 287 g/mol. The minimum absolute atomic E-state index is 0.0321. The lowest BCUT2D eigenvalue weighted by Crippen LogP contribution is -2.37. The van der Waals surface area contributed by atoms with Crippen LogP contribution in [-0.2, 0) is 17.6 Å². The molecule has 0 unspecified atom stereocenters. The highest BCUT2D eigenvalue weighted by atomic mass is 16.5. The molecule has 2 rings (SSSR count). The third kappa shape index (κ3) is 4.72. The van der Waals surface area contributed by atoms with Gasteiger partial charge in [-0.05, 0) is 18.9 Å². The van der Waals surface area contributed by atoms with Crippen LogP contribution in [0.4, 0.5) is 0 Å². The van der Waals surface area contributed by atoms with E-state index in [0.717, 1.165) is 6.42 Å². The number of aryl methyl sites for hydroxylation is 1. The van der Waals surface area contributed by atoms with Crippen LogP contribution in [0.15, 0.2) is 40.9 Å². The predicted octanol–water partition coefficient (Wildman–Crippen LogP) is 1.56. The number of amides is 1. The first kappa shape index (κ1) is 15.3. The highest BCUT2D eigenvalue weighted by Crippen LogP contribution is 2.06. The molecule has 1 aromatic heterocycles. The molecule has 0 saturated heterocycles. The van der Waals surface area contributed by atoms with Crippen LogP contribution in [0.5, 0.6) is 0 Å². The molecule has 0 saturated carbocycles. The van der Waals surface area contributed by atoms with E-state index in [-0.39, 0.29) is 12.3 Å². The maximum Gasteiger partial charge on any atom is 0.228 e. The summed E-state index contributed by atoms with van der Waals surface area (Å²) in [4.78, 5) is 14.1. The molecular weight excluding hydrogens is 266 g/mol. The molecule has 5 nitrogen and oxygen atoms in total. The van der Waals surface area contributed by atoms with E-state index in [1.54, 1.807) is 11.0 Å². The molecule has 1 heterocycles. The van der Waals surface area contributed by atoms with Crippen LogP contribution in [-0.4, -0.2) is 35.6 Å². The lowest BCUT2D eigenvalue weighted by Gasteiger charge is -2.21.